The van der Waals surface area contributed by atoms with E-state index in [0.29, 0.717) is 26.2 Å². The number of hydrogen-bond acceptors (Lipinski definition) is 6. The highest BCUT2D eigenvalue weighted by Crippen LogP contribution is 2.25. The Morgan fingerprint density at radius 3 is 2.38 bits per heavy atom. The van der Waals surface area contributed by atoms with E-state index in [-0.39, 0.29) is 24.6 Å². The number of amides is 3. The second-order valence-corrected chi connectivity index (χ2v) is 8.45. The molecule has 0 radical (unpaired) electrons. The molecule has 0 unspecified atom stereocenters. The van der Waals surface area contributed by atoms with Gasteiger partial charge in [-0.1, -0.05) is 24.3 Å². The third-order valence-electron chi connectivity index (χ3n) is 6.14. The fraction of sp³-hybridized carbons (Fsp3) is 0.417. The maximum absolute atomic E-state index is 13.2. The van der Waals surface area contributed by atoms with Gasteiger partial charge in [-0.2, -0.15) is 0 Å². The number of carbonyl (C=O) groups excluding carboxylic acids is 2. The number of aliphatic hydroxyl groups is 2. The normalized spacial score (nSPS) is 24.7. The Bertz CT molecular complexity index is 986. The monoisotopic (exact) mass is 472 g/mol. The van der Waals surface area contributed by atoms with E-state index in [1.165, 1.54) is 24.3 Å². The van der Waals surface area contributed by atoms with Crippen molar-refractivity contribution in [3.8, 4) is 0 Å². The number of halogens is 1. The minimum atomic E-state index is -1.25. The van der Waals surface area contributed by atoms with E-state index in [0.717, 1.165) is 5.69 Å². The number of rotatable bonds is 6. The summed E-state index contributed by atoms with van der Waals surface area (Å²) in [5.74, 6) is -0.633. The molecule has 2 aromatic carbocycles. The average Bonchev–Trinajstić information content (AvgIpc) is 3.11. The lowest BCUT2D eigenvalue weighted by Gasteiger charge is -2.36. The quantitative estimate of drug-likeness (QED) is 0.502. The number of anilines is 2. The fourth-order valence-electron chi connectivity index (χ4n) is 4.25. The van der Waals surface area contributed by atoms with Crippen LogP contribution in [0.1, 0.15) is 6.42 Å². The molecule has 2 fully saturated rings. The largest absolute Gasteiger partial charge is 0.388 e. The number of carbonyl (C=O) groups is 2. The predicted molar refractivity (Wildman–Crippen MR) is 124 cm³/mol. The number of nitrogens with one attached hydrogen (secondary N) is 2. The molecule has 10 heteroatoms. The summed E-state index contributed by atoms with van der Waals surface area (Å²) in [5.41, 5.74) is 1.39. The molecule has 2 heterocycles. The highest BCUT2D eigenvalue weighted by atomic mass is 19.1. The lowest BCUT2D eigenvalue weighted by atomic mass is 10.0. The molecule has 3 amide bonds. The molecule has 2 saturated heterocycles. The second kappa shape index (κ2) is 10.8. The molecule has 0 aromatic heterocycles. The molecule has 182 valence electrons. The highest BCUT2D eigenvalue weighted by Gasteiger charge is 2.44. The summed E-state index contributed by atoms with van der Waals surface area (Å²) in [7, 11) is 0. The Morgan fingerprint density at radius 2 is 1.68 bits per heavy atom. The van der Waals surface area contributed by atoms with Crippen LogP contribution in [0.5, 0.6) is 0 Å². The first kappa shape index (κ1) is 23.9. The predicted octanol–water partition coefficient (Wildman–Crippen LogP) is 1.18. The van der Waals surface area contributed by atoms with Crippen molar-refractivity contribution >= 4 is 23.3 Å². The van der Waals surface area contributed by atoms with Crippen molar-refractivity contribution in [1.29, 1.82) is 0 Å². The number of urea groups is 1. The van der Waals surface area contributed by atoms with Crippen LogP contribution in [-0.2, 0) is 9.53 Å². The molecule has 0 aliphatic carbocycles. The third kappa shape index (κ3) is 5.82. The Balaban J connectivity index is 1.23. The number of para-hydroxylation sites is 1. The summed E-state index contributed by atoms with van der Waals surface area (Å²) < 4.78 is 18.9. The van der Waals surface area contributed by atoms with Crippen LogP contribution >= 0.6 is 0 Å². The van der Waals surface area contributed by atoms with Gasteiger partial charge >= 0.3 is 6.03 Å². The van der Waals surface area contributed by atoms with Gasteiger partial charge in [0.15, 0.2) is 0 Å². The van der Waals surface area contributed by atoms with Crippen LogP contribution in [0.25, 0.3) is 0 Å². The molecule has 4 atom stereocenters. The zero-order valence-electron chi connectivity index (χ0n) is 18.6. The van der Waals surface area contributed by atoms with Crippen molar-refractivity contribution in [2.45, 2.75) is 30.8 Å². The summed E-state index contributed by atoms with van der Waals surface area (Å²) in [6.45, 7) is 2.45. The Hall–Kier alpha value is -3.21. The van der Waals surface area contributed by atoms with Crippen LogP contribution < -0.4 is 15.5 Å². The van der Waals surface area contributed by atoms with E-state index in [1.807, 2.05) is 30.3 Å². The maximum Gasteiger partial charge on any atom is 0.319 e. The molecule has 4 N–H and O–H groups in total. The van der Waals surface area contributed by atoms with E-state index in [9.17, 15) is 24.2 Å². The molecule has 2 aliphatic rings. The van der Waals surface area contributed by atoms with Crippen LogP contribution in [0.15, 0.2) is 54.6 Å². The van der Waals surface area contributed by atoms with Crippen LogP contribution in [0.2, 0.25) is 0 Å². The summed E-state index contributed by atoms with van der Waals surface area (Å²) in [5, 5.41) is 25.7. The van der Waals surface area contributed by atoms with Gasteiger partial charge in [0.1, 0.15) is 24.1 Å². The lowest BCUT2D eigenvalue weighted by molar-refractivity contribution is -0.135. The van der Waals surface area contributed by atoms with Crippen molar-refractivity contribution in [2.75, 3.05) is 42.9 Å². The standard InChI is InChI=1S/C24H29FN4O5/c25-16-5-4-6-17(13-16)27-24(33)26-15-20-23(32)22(31)19(34-20)14-21(30)29-11-9-28(10-12-29)18-7-2-1-3-8-18/h1-8,13,19-20,22-23,31-32H,9-12,14-15H2,(H2,26,27,33)/t19-,20+,22-,23+/m0/s1. The van der Waals surface area contributed by atoms with Crippen LogP contribution in [0.4, 0.5) is 20.6 Å². The SMILES string of the molecule is O=C(NC[C@H]1O[C@@H](CC(=O)N2CCN(c3ccccc3)CC2)[C@H](O)[C@@H]1O)Nc1cccc(F)c1. The number of piperazine rings is 1. The van der Waals surface area contributed by atoms with Gasteiger partial charge in [0, 0.05) is 44.1 Å². The number of aliphatic hydroxyl groups excluding tert-OH is 2. The first-order chi connectivity index (χ1) is 16.4. The van der Waals surface area contributed by atoms with Crippen molar-refractivity contribution in [1.82, 2.24) is 10.2 Å². The Kier molecular flexibility index (Phi) is 7.61. The molecule has 34 heavy (non-hydrogen) atoms. The van der Waals surface area contributed by atoms with E-state index in [2.05, 4.69) is 15.5 Å². The second-order valence-electron chi connectivity index (χ2n) is 8.45. The minimum Gasteiger partial charge on any atom is -0.388 e. The molecule has 0 saturated carbocycles. The molecule has 9 nitrogen and oxygen atoms in total. The summed E-state index contributed by atoms with van der Waals surface area (Å²) >= 11 is 0. The smallest absolute Gasteiger partial charge is 0.319 e. The molecule has 2 aliphatic heterocycles. The van der Waals surface area contributed by atoms with Gasteiger partial charge in [-0.3, -0.25) is 4.79 Å². The van der Waals surface area contributed by atoms with Gasteiger partial charge in [-0.25, -0.2) is 9.18 Å². The summed E-state index contributed by atoms with van der Waals surface area (Å²) in [6.07, 6.45) is -4.29. The number of ether oxygens (including phenoxy) is 1. The highest BCUT2D eigenvalue weighted by molar-refractivity contribution is 5.89. The lowest BCUT2D eigenvalue weighted by Crippen LogP contribution is -2.49. The van der Waals surface area contributed by atoms with E-state index in [4.69, 9.17) is 4.74 Å². The molecular weight excluding hydrogens is 443 g/mol. The van der Waals surface area contributed by atoms with E-state index >= 15 is 0 Å². The molecule has 4 rings (SSSR count). The van der Waals surface area contributed by atoms with Gasteiger partial charge in [0.2, 0.25) is 5.91 Å². The van der Waals surface area contributed by atoms with Crippen molar-refractivity contribution in [2.24, 2.45) is 0 Å². The van der Waals surface area contributed by atoms with Gasteiger partial charge < -0.3 is 35.4 Å². The zero-order chi connectivity index (χ0) is 24.1. The number of hydrogen-bond donors (Lipinski definition) is 4. The number of benzene rings is 2. The molecule has 0 spiro atoms. The average molecular weight is 473 g/mol. The fourth-order valence-corrected chi connectivity index (χ4v) is 4.25. The first-order valence-corrected chi connectivity index (χ1v) is 11.3. The first-order valence-electron chi connectivity index (χ1n) is 11.3. The van der Waals surface area contributed by atoms with Crippen molar-refractivity contribution in [3.05, 3.63) is 60.4 Å². The van der Waals surface area contributed by atoms with E-state index in [1.54, 1.807) is 4.90 Å². The van der Waals surface area contributed by atoms with Crippen LogP contribution in [0.3, 0.4) is 0 Å². The summed E-state index contributed by atoms with van der Waals surface area (Å²) in [6, 6.07) is 14.8. The minimum absolute atomic E-state index is 0.0600. The maximum atomic E-state index is 13.2. The summed E-state index contributed by atoms with van der Waals surface area (Å²) in [4.78, 5) is 28.8. The van der Waals surface area contributed by atoms with Gasteiger partial charge in [0.25, 0.3) is 0 Å². The van der Waals surface area contributed by atoms with Gasteiger partial charge in [-0.15, -0.1) is 0 Å². The van der Waals surface area contributed by atoms with Crippen LogP contribution in [-0.4, -0.2) is 84.2 Å². The molecule has 2 aromatic rings. The molecular formula is C24H29FN4O5. The van der Waals surface area contributed by atoms with Crippen molar-refractivity contribution in [3.63, 3.8) is 0 Å². The topological polar surface area (TPSA) is 114 Å². The Morgan fingerprint density at radius 1 is 0.971 bits per heavy atom. The molecule has 0 bridgehead atoms. The zero-order valence-corrected chi connectivity index (χ0v) is 18.6. The third-order valence-corrected chi connectivity index (χ3v) is 6.14. The van der Waals surface area contributed by atoms with Gasteiger partial charge in [0.05, 0.1) is 12.5 Å². The Labute approximate surface area is 197 Å². The van der Waals surface area contributed by atoms with Crippen molar-refractivity contribution < 1.29 is 28.9 Å². The van der Waals surface area contributed by atoms with Crippen LogP contribution in [0, 0.1) is 5.82 Å². The number of nitrogens with zero attached hydrogens (tertiary/aromatic N) is 2. The van der Waals surface area contributed by atoms with Gasteiger partial charge in [-0.05, 0) is 30.3 Å². The van der Waals surface area contributed by atoms with E-state index < -0.39 is 36.3 Å².